The van der Waals surface area contributed by atoms with Crippen molar-refractivity contribution in [2.45, 2.75) is 18.6 Å². The number of H-pyrrole nitrogens is 1. The number of ether oxygens (including phenoxy) is 1. The van der Waals surface area contributed by atoms with E-state index in [-0.39, 0.29) is 29.5 Å². The molecule has 1 aromatic rings. The van der Waals surface area contributed by atoms with Gasteiger partial charge in [0, 0.05) is 18.2 Å². The normalized spacial score (nSPS) is 19.8. The van der Waals surface area contributed by atoms with E-state index >= 15 is 0 Å². The molecule has 1 amide bonds. The molecule has 1 saturated heterocycles. The number of hydrogen-bond donors (Lipinski definition) is 2. The summed E-state index contributed by atoms with van der Waals surface area (Å²) >= 11 is 4.22. The van der Waals surface area contributed by atoms with Crippen LogP contribution in [0.5, 0.6) is 0 Å². The molecule has 92 valence electrons. The SMILES string of the molecule is CCOC(=O)c1nc(N2CC(S)CC2=O)n[nH]1. The number of aromatic nitrogens is 3. The standard InChI is InChI=1S/C9H12N4O3S/c1-2-16-8(15)7-10-9(12-11-7)13-4-5(17)3-6(13)14/h5,17H,2-4H2,1H3,(H,10,11,12). The third kappa shape index (κ3) is 2.41. The van der Waals surface area contributed by atoms with Crippen molar-refractivity contribution in [3.8, 4) is 0 Å². The summed E-state index contributed by atoms with van der Waals surface area (Å²) in [7, 11) is 0. The predicted octanol–water partition coefficient (Wildman–Crippen LogP) is 0.0165. The smallest absolute Gasteiger partial charge is 0.375 e. The number of carbonyl (C=O) groups excluding carboxylic acids is 2. The van der Waals surface area contributed by atoms with Crippen LogP contribution in [0.15, 0.2) is 0 Å². The van der Waals surface area contributed by atoms with Crippen LogP contribution in [0, 0.1) is 0 Å². The highest BCUT2D eigenvalue weighted by Crippen LogP contribution is 2.20. The number of anilines is 1. The van der Waals surface area contributed by atoms with Gasteiger partial charge in [-0.3, -0.25) is 14.8 Å². The highest BCUT2D eigenvalue weighted by atomic mass is 32.1. The zero-order chi connectivity index (χ0) is 12.4. The van der Waals surface area contributed by atoms with E-state index < -0.39 is 5.97 Å². The van der Waals surface area contributed by atoms with Gasteiger partial charge in [0.15, 0.2) is 0 Å². The fraction of sp³-hybridized carbons (Fsp3) is 0.556. The Morgan fingerprint density at radius 2 is 2.47 bits per heavy atom. The van der Waals surface area contributed by atoms with Gasteiger partial charge in [-0.05, 0) is 6.92 Å². The average molecular weight is 256 g/mol. The minimum atomic E-state index is -0.583. The fourth-order valence-corrected chi connectivity index (χ4v) is 1.87. The van der Waals surface area contributed by atoms with Gasteiger partial charge in [-0.2, -0.15) is 17.6 Å². The Labute approximate surface area is 103 Å². The van der Waals surface area contributed by atoms with Crippen LogP contribution >= 0.6 is 12.6 Å². The van der Waals surface area contributed by atoms with Crippen LogP contribution in [0.4, 0.5) is 5.95 Å². The Balaban J connectivity index is 2.13. The molecule has 0 radical (unpaired) electrons. The van der Waals surface area contributed by atoms with Gasteiger partial charge in [0.25, 0.3) is 5.95 Å². The lowest BCUT2D eigenvalue weighted by atomic mass is 10.4. The quantitative estimate of drug-likeness (QED) is 0.588. The number of rotatable bonds is 3. The zero-order valence-corrected chi connectivity index (χ0v) is 10.1. The van der Waals surface area contributed by atoms with E-state index in [1.807, 2.05) is 0 Å². The van der Waals surface area contributed by atoms with Crippen molar-refractivity contribution in [2.24, 2.45) is 0 Å². The largest absolute Gasteiger partial charge is 0.460 e. The number of aromatic amines is 1. The van der Waals surface area contributed by atoms with Crippen molar-refractivity contribution in [3.05, 3.63) is 5.82 Å². The Bertz CT molecular complexity index is 447. The molecule has 0 aromatic carbocycles. The summed E-state index contributed by atoms with van der Waals surface area (Å²) in [6, 6.07) is 0. The number of nitrogens with one attached hydrogen (secondary N) is 1. The molecule has 1 fully saturated rings. The highest BCUT2D eigenvalue weighted by Gasteiger charge is 2.31. The molecular formula is C9H12N4O3S. The van der Waals surface area contributed by atoms with Gasteiger partial charge < -0.3 is 4.74 Å². The van der Waals surface area contributed by atoms with Crippen LogP contribution in [0.1, 0.15) is 24.0 Å². The average Bonchev–Trinajstić information content (AvgIpc) is 2.85. The van der Waals surface area contributed by atoms with Crippen LogP contribution in [0.3, 0.4) is 0 Å². The lowest BCUT2D eigenvalue weighted by molar-refractivity contribution is -0.117. The van der Waals surface area contributed by atoms with Crippen molar-refractivity contribution in [2.75, 3.05) is 18.1 Å². The minimum Gasteiger partial charge on any atom is -0.460 e. The van der Waals surface area contributed by atoms with Crippen LogP contribution in [0.25, 0.3) is 0 Å². The van der Waals surface area contributed by atoms with E-state index in [2.05, 4.69) is 27.8 Å². The molecule has 1 aliphatic heterocycles. The van der Waals surface area contributed by atoms with Gasteiger partial charge in [-0.1, -0.05) is 0 Å². The third-order valence-corrected chi connectivity index (χ3v) is 2.63. The molecule has 1 unspecified atom stereocenters. The zero-order valence-electron chi connectivity index (χ0n) is 9.21. The Kier molecular flexibility index (Phi) is 3.32. The van der Waals surface area contributed by atoms with E-state index in [0.29, 0.717) is 13.0 Å². The fourth-order valence-electron chi connectivity index (χ4n) is 1.55. The molecule has 0 bridgehead atoms. The molecule has 0 aliphatic carbocycles. The molecule has 8 heteroatoms. The van der Waals surface area contributed by atoms with Gasteiger partial charge in [0.1, 0.15) is 0 Å². The highest BCUT2D eigenvalue weighted by molar-refractivity contribution is 7.81. The summed E-state index contributed by atoms with van der Waals surface area (Å²) in [5.41, 5.74) is 0. The van der Waals surface area contributed by atoms with Gasteiger partial charge in [0.05, 0.1) is 6.61 Å². The van der Waals surface area contributed by atoms with E-state index in [0.717, 1.165) is 0 Å². The van der Waals surface area contributed by atoms with Gasteiger partial charge in [-0.15, -0.1) is 5.10 Å². The van der Waals surface area contributed by atoms with Crippen molar-refractivity contribution in [3.63, 3.8) is 0 Å². The number of amides is 1. The molecule has 1 atom stereocenters. The second-order valence-electron chi connectivity index (χ2n) is 3.57. The maximum Gasteiger partial charge on any atom is 0.375 e. The summed E-state index contributed by atoms with van der Waals surface area (Å²) in [5, 5.41) is 6.25. The summed E-state index contributed by atoms with van der Waals surface area (Å²) in [5.74, 6) is -0.494. The molecule has 2 heterocycles. The van der Waals surface area contributed by atoms with Crippen molar-refractivity contribution >= 4 is 30.5 Å². The van der Waals surface area contributed by atoms with Crippen molar-refractivity contribution in [1.29, 1.82) is 0 Å². The van der Waals surface area contributed by atoms with E-state index in [9.17, 15) is 9.59 Å². The Hall–Kier alpha value is -1.57. The van der Waals surface area contributed by atoms with Gasteiger partial charge in [0.2, 0.25) is 11.7 Å². The van der Waals surface area contributed by atoms with Crippen LogP contribution < -0.4 is 4.90 Å². The van der Waals surface area contributed by atoms with Crippen LogP contribution in [0.2, 0.25) is 0 Å². The maximum absolute atomic E-state index is 11.6. The monoisotopic (exact) mass is 256 g/mol. The maximum atomic E-state index is 11.6. The van der Waals surface area contributed by atoms with Crippen molar-refractivity contribution < 1.29 is 14.3 Å². The lowest BCUT2D eigenvalue weighted by Crippen LogP contribution is -2.25. The molecular weight excluding hydrogens is 244 g/mol. The number of thiol groups is 1. The molecule has 0 saturated carbocycles. The van der Waals surface area contributed by atoms with Crippen LogP contribution in [-0.4, -0.2) is 45.5 Å². The first-order chi connectivity index (χ1) is 8.11. The van der Waals surface area contributed by atoms with E-state index in [1.54, 1.807) is 6.92 Å². The van der Waals surface area contributed by atoms with Gasteiger partial charge >= 0.3 is 5.97 Å². The van der Waals surface area contributed by atoms with Gasteiger partial charge in [-0.25, -0.2) is 4.79 Å². The molecule has 2 rings (SSSR count). The number of carbonyl (C=O) groups is 2. The number of hydrogen-bond acceptors (Lipinski definition) is 6. The second kappa shape index (κ2) is 4.74. The molecule has 1 aromatic heterocycles. The molecule has 1 aliphatic rings. The summed E-state index contributed by atoms with van der Waals surface area (Å²) in [6.07, 6.45) is 0.354. The Morgan fingerprint density at radius 3 is 3.06 bits per heavy atom. The van der Waals surface area contributed by atoms with E-state index in [4.69, 9.17) is 4.74 Å². The summed E-state index contributed by atoms with van der Waals surface area (Å²) in [4.78, 5) is 28.2. The first kappa shape index (κ1) is 11.9. The lowest BCUT2D eigenvalue weighted by Gasteiger charge is -2.09. The van der Waals surface area contributed by atoms with Crippen LogP contribution in [-0.2, 0) is 9.53 Å². The predicted molar refractivity (Wildman–Crippen MR) is 62.1 cm³/mol. The second-order valence-corrected chi connectivity index (χ2v) is 4.30. The first-order valence-electron chi connectivity index (χ1n) is 5.19. The molecule has 7 nitrogen and oxygen atoms in total. The summed E-state index contributed by atoms with van der Waals surface area (Å²) in [6.45, 7) is 2.41. The molecule has 1 N–H and O–H groups in total. The van der Waals surface area contributed by atoms with E-state index in [1.165, 1.54) is 4.90 Å². The molecule has 0 spiro atoms. The van der Waals surface area contributed by atoms with Crippen molar-refractivity contribution in [1.82, 2.24) is 15.2 Å². The number of esters is 1. The Morgan fingerprint density at radius 1 is 1.71 bits per heavy atom. The third-order valence-electron chi connectivity index (χ3n) is 2.29. The first-order valence-corrected chi connectivity index (χ1v) is 5.71. The minimum absolute atomic E-state index is 0.00253. The molecule has 17 heavy (non-hydrogen) atoms. The number of nitrogens with zero attached hydrogens (tertiary/aromatic N) is 3. The summed E-state index contributed by atoms with van der Waals surface area (Å²) < 4.78 is 4.76. The topological polar surface area (TPSA) is 88.2 Å².